The van der Waals surface area contributed by atoms with Gasteiger partial charge >= 0.3 is 6.09 Å². The second kappa shape index (κ2) is 3.51. The number of carboxylic acid groups (broad SMARTS) is 1. The molecule has 1 aromatic rings. The molecule has 1 amide bonds. The second-order valence-electron chi connectivity index (χ2n) is 1.72. The molecule has 0 radical (unpaired) electrons. The molecule has 12 heavy (non-hydrogen) atoms. The Morgan fingerprint density at radius 1 is 1.75 bits per heavy atom. The van der Waals surface area contributed by atoms with E-state index in [1.807, 2.05) is 5.32 Å². The van der Waals surface area contributed by atoms with Gasteiger partial charge in [0, 0.05) is 0 Å². The number of amides is 1. The lowest BCUT2D eigenvalue weighted by Gasteiger charge is -1.89. The monoisotopic (exact) mass is 206 g/mol. The third kappa shape index (κ3) is 1.93. The molecule has 2 N–H and O–H groups in total. The van der Waals surface area contributed by atoms with Gasteiger partial charge in [0.2, 0.25) is 0 Å². The van der Waals surface area contributed by atoms with Crippen molar-refractivity contribution in [2.45, 2.75) is 0 Å². The number of carbonyl (C=O) groups is 2. The summed E-state index contributed by atoms with van der Waals surface area (Å²) in [6.45, 7) is 0. The molecule has 0 aliphatic carbocycles. The minimum Gasteiger partial charge on any atom is -0.465 e. The van der Waals surface area contributed by atoms with Crippen LogP contribution in [0.2, 0.25) is 5.15 Å². The van der Waals surface area contributed by atoms with Crippen LogP contribution in [-0.2, 0) is 0 Å². The molecule has 0 bridgehead atoms. The number of aromatic nitrogens is 1. The highest BCUT2D eigenvalue weighted by Crippen LogP contribution is 2.24. The first-order valence-electron chi connectivity index (χ1n) is 2.75. The third-order valence-corrected chi connectivity index (χ3v) is 2.23. The number of hydrogen-bond acceptors (Lipinski definition) is 4. The lowest BCUT2D eigenvalue weighted by Crippen LogP contribution is -2.06. The van der Waals surface area contributed by atoms with Crippen LogP contribution in [0.5, 0.6) is 0 Å². The zero-order chi connectivity index (χ0) is 9.14. The number of nitrogens with zero attached hydrogens (tertiary/aromatic N) is 1. The minimum atomic E-state index is -1.24. The highest BCUT2D eigenvalue weighted by atomic mass is 35.5. The average molecular weight is 207 g/mol. The highest BCUT2D eigenvalue weighted by Gasteiger charge is 2.09. The van der Waals surface area contributed by atoms with E-state index in [0.717, 1.165) is 11.3 Å². The van der Waals surface area contributed by atoms with Crippen LogP contribution in [0, 0.1) is 0 Å². The van der Waals surface area contributed by atoms with Gasteiger partial charge in [-0.2, -0.15) is 0 Å². The van der Waals surface area contributed by atoms with Crippen LogP contribution in [0.4, 0.5) is 9.93 Å². The van der Waals surface area contributed by atoms with Crippen molar-refractivity contribution in [1.82, 2.24) is 4.98 Å². The van der Waals surface area contributed by atoms with Gasteiger partial charge in [-0.1, -0.05) is 22.9 Å². The standard InChI is InChI=1S/C5H3ClN2O3S/c6-3-2(1-9)12-4(7-3)8-5(10)11/h1H,(H,7,8)(H,10,11). The molecular formula is C5H3ClN2O3S. The first-order chi connectivity index (χ1) is 5.63. The number of halogens is 1. The van der Waals surface area contributed by atoms with Gasteiger partial charge in [0.25, 0.3) is 0 Å². The zero-order valence-electron chi connectivity index (χ0n) is 5.57. The summed E-state index contributed by atoms with van der Waals surface area (Å²) in [5, 5.41) is 10.3. The molecule has 0 fully saturated rings. The summed E-state index contributed by atoms with van der Waals surface area (Å²) in [5.74, 6) is 0. The summed E-state index contributed by atoms with van der Waals surface area (Å²) in [7, 11) is 0. The van der Waals surface area contributed by atoms with Crippen molar-refractivity contribution in [3.05, 3.63) is 10.0 Å². The van der Waals surface area contributed by atoms with Gasteiger partial charge in [0.05, 0.1) is 0 Å². The zero-order valence-corrected chi connectivity index (χ0v) is 7.15. The van der Waals surface area contributed by atoms with Gasteiger partial charge in [-0.05, 0) is 0 Å². The number of hydrogen-bond donors (Lipinski definition) is 2. The number of thiazole rings is 1. The van der Waals surface area contributed by atoms with Crippen LogP contribution in [0.25, 0.3) is 0 Å². The van der Waals surface area contributed by atoms with Gasteiger partial charge in [-0.15, -0.1) is 0 Å². The number of anilines is 1. The fourth-order valence-corrected chi connectivity index (χ4v) is 1.49. The van der Waals surface area contributed by atoms with E-state index in [4.69, 9.17) is 16.7 Å². The Morgan fingerprint density at radius 2 is 2.42 bits per heavy atom. The van der Waals surface area contributed by atoms with Gasteiger partial charge in [-0.25, -0.2) is 9.78 Å². The lowest BCUT2D eigenvalue weighted by atomic mass is 10.6. The molecule has 0 atom stereocenters. The van der Waals surface area contributed by atoms with Crippen molar-refractivity contribution in [1.29, 1.82) is 0 Å². The van der Waals surface area contributed by atoms with E-state index in [1.165, 1.54) is 0 Å². The van der Waals surface area contributed by atoms with Crippen molar-refractivity contribution in [2.24, 2.45) is 0 Å². The molecule has 0 spiro atoms. The Hall–Kier alpha value is -1.14. The molecule has 7 heteroatoms. The van der Waals surface area contributed by atoms with Crippen molar-refractivity contribution in [3.8, 4) is 0 Å². The Balaban J connectivity index is 2.89. The van der Waals surface area contributed by atoms with E-state index in [0.29, 0.717) is 6.29 Å². The molecule has 64 valence electrons. The Labute approximate surface area is 76.0 Å². The third-order valence-electron chi connectivity index (χ3n) is 0.931. The lowest BCUT2D eigenvalue weighted by molar-refractivity contribution is 0.112. The Morgan fingerprint density at radius 3 is 2.83 bits per heavy atom. The molecule has 0 aromatic carbocycles. The van der Waals surface area contributed by atoms with Gasteiger partial charge < -0.3 is 5.11 Å². The van der Waals surface area contributed by atoms with Crippen LogP contribution in [0.15, 0.2) is 0 Å². The SMILES string of the molecule is O=Cc1sc(NC(=O)O)nc1Cl. The molecule has 0 saturated carbocycles. The van der Waals surface area contributed by atoms with Crippen LogP contribution in [0.1, 0.15) is 9.67 Å². The van der Waals surface area contributed by atoms with E-state index in [-0.39, 0.29) is 15.2 Å². The van der Waals surface area contributed by atoms with Crippen LogP contribution >= 0.6 is 22.9 Å². The molecule has 5 nitrogen and oxygen atoms in total. The summed E-state index contributed by atoms with van der Waals surface area (Å²) in [5.41, 5.74) is 0. The Bertz CT molecular complexity index is 324. The molecule has 0 aliphatic rings. The van der Waals surface area contributed by atoms with Crippen LogP contribution < -0.4 is 5.32 Å². The van der Waals surface area contributed by atoms with E-state index in [1.54, 1.807) is 0 Å². The summed E-state index contributed by atoms with van der Waals surface area (Å²) in [6.07, 6.45) is -0.717. The number of carbonyl (C=O) groups excluding carboxylic acids is 1. The van der Waals surface area contributed by atoms with E-state index in [9.17, 15) is 9.59 Å². The Kier molecular flexibility index (Phi) is 2.61. The first kappa shape index (κ1) is 8.95. The average Bonchev–Trinajstić information content (AvgIpc) is 2.29. The van der Waals surface area contributed by atoms with Crippen molar-refractivity contribution in [3.63, 3.8) is 0 Å². The summed E-state index contributed by atoms with van der Waals surface area (Å²) in [4.78, 5) is 24.1. The number of aldehydes is 1. The maximum Gasteiger partial charge on any atom is 0.410 e. The molecule has 0 saturated heterocycles. The number of rotatable bonds is 2. The fraction of sp³-hybridized carbons (Fsp3) is 0. The quantitative estimate of drug-likeness (QED) is 0.722. The summed E-state index contributed by atoms with van der Waals surface area (Å²) in [6, 6.07) is 0. The minimum absolute atomic E-state index is 0.0127. The van der Waals surface area contributed by atoms with E-state index >= 15 is 0 Å². The number of nitrogens with one attached hydrogen (secondary N) is 1. The van der Waals surface area contributed by atoms with Crippen LogP contribution in [0.3, 0.4) is 0 Å². The summed E-state index contributed by atoms with van der Waals surface area (Å²) >= 11 is 6.35. The molecule has 1 heterocycles. The fourth-order valence-electron chi connectivity index (χ4n) is 0.531. The second-order valence-corrected chi connectivity index (χ2v) is 3.11. The largest absolute Gasteiger partial charge is 0.465 e. The highest BCUT2D eigenvalue weighted by molar-refractivity contribution is 7.17. The maximum atomic E-state index is 10.2. The van der Waals surface area contributed by atoms with E-state index < -0.39 is 6.09 Å². The predicted molar refractivity (Wildman–Crippen MR) is 44.2 cm³/mol. The first-order valence-corrected chi connectivity index (χ1v) is 3.94. The topological polar surface area (TPSA) is 79.3 Å². The maximum absolute atomic E-state index is 10.2. The van der Waals surface area contributed by atoms with Gasteiger partial charge in [0.15, 0.2) is 16.6 Å². The predicted octanol–water partition coefficient (Wildman–Crippen LogP) is 1.70. The normalized spacial score (nSPS) is 9.42. The van der Waals surface area contributed by atoms with Crippen molar-refractivity contribution in [2.75, 3.05) is 5.32 Å². The van der Waals surface area contributed by atoms with Crippen LogP contribution in [-0.4, -0.2) is 22.5 Å². The van der Waals surface area contributed by atoms with Gasteiger partial charge in [0.1, 0.15) is 4.88 Å². The molecule has 1 rings (SSSR count). The molecule has 0 aliphatic heterocycles. The summed E-state index contributed by atoms with van der Waals surface area (Å²) < 4.78 is 0. The smallest absolute Gasteiger partial charge is 0.410 e. The molecule has 0 unspecified atom stereocenters. The van der Waals surface area contributed by atoms with Crippen molar-refractivity contribution < 1.29 is 14.7 Å². The molecular weight excluding hydrogens is 204 g/mol. The van der Waals surface area contributed by atoms with Crippen molar-refractivity contribution >= 4 is 40.4 Å². The van der Waals surface area contributed by atoms with Gasteiger partial charge in [-0.3, -0.25) is 10.1 Å². The molecule has 1 aromatic heterocycles. The van der Waals surface area contributed by atoms with E-state index in [2.05, 4.69) is 4.98 Å².